The van der Waals surface area contributed by atoms with E-state index in [9.17, 15) is 0 Å². The molecule has 0 saturated carbocycles. The van der Waals surface area contributed by atoms with Gasteiger partial charge in [0.15, 0.2) is 0 Å². The Morgan fingerprint density at radius 1 is 1.41 bits per heavy atom. The highest BCUT2D eigenvalue weighted by Gasteiger charge is 2.27. The van der Waals surface area contributed by atoms with Crippen molar-refractivity contribution in [2.24, 2.45) is 0 Å². The highest BCUT2D eigenvalue weighted by Crippen LogP contribution is 2.39. The quantitative estimate of drug-likeness (QED) is 0.624. The van der Waals surface area contributed by atoms with Crippen LogP contribution >= 0.6 is 38.5 Å². The van der Waals surface area contributed by atoms with E-state index in [1.165, 1.54) is 18.2 Å². The minimum Gasteiger partial charge on any atom is -0.480 e. The average Bonchev–Trinajstić information content (AvgIpc) is 2.93. The van der Waals surface area contributed by atoms with Crippen molar-refractivity contribution in [2.75, 3.05) is 7.11 Å². The Bertz CT molecular complexity index is 773. The largest absolute Gasteiger partial charge is 0.480 e. The van der Waals surface area contributed by atoms with Gasteiger partial charge in [-0.05, 0) is 58.7 Å². The van der Waals surface area contributed by atoms with Crippen molar-refractivity contribution in [1.29, 1.82) is 5.26 Å². The summed E-state index contributed by atoms with van der Waals surface area (Å²) in [4.78, 5) is 4.33. The van der Waals surface area contributed by atoms with Gasteiger partial charge in [-0.15, -0.1) is 0 Å². The number of nitrogens with zero attached hydrogens (tertiary/aromatic N) is 2. The Balaban J connectivity index is 1.93. The van der Waals surface area contributed by atoms with Gasteiger partial charge in [0.05, 0.1) is 10.7 Å². The summed E-state index contributed by atoms with van der Waals surface area (Å²) < 4.78 is 13.2. The molecule has 0 spiro atoms. The summed E-state index contributed by atoms with van der Waals surface area (Å²) in [6.07, 6.45) is 1.87. The first kappa shape index (κ1) is 15.6. The number of ether oxygens (including phenoxy) is 2. The number of aromatic nitrogens is 1. The first-order chi connectivity index (χ1) is 10.6. The van der Waals surface area contributed by atoms with Crippen LogP contribution in [0, 0.1) is 14.9 Å². The molecule has 0 aliphatic heterocycles. The number of pyridine rings is 1. The molecular weight excluding hydrogens is 459 g/mol. The number of fused-ring (bicyclic) bond motifs is 1. The van der Waals surface area contributed by atoms with Crippen molar-refractivity contribution in [2.45, 2.75) is 18.9 Å². The zero-order chi connectivity index (χ0) is 15.7. The molecule has 4 nitrogen and oxygen atoms in total. The second-order valence-corrected chi connectivity index (χ2v) is 6.91. The highest BCUT2D eigenvalue weighted by molar-refractivity contribution is 14.1. The topological polar surface area (TPSA) is 55.1 Å². The maximum absolute atomic E-state index is 9.09. The van der Waals surface area contributed by atoms with E-state index in [1.54, 1.807) is 6.07 Å². The molecule has 1 aromatic carbocycles. The van der Waals surface area contributed by atoms with Crippen LogP contribution in [0.4, 0.5) is 0 Å². The molecule has 1 aliphatic carbocycles. The van der Waals surface area contributed by atoms with Crippen molar-refractivity contribution in [3.63, 3.8) is 0 Å². The third-order valence-electron chi connectivity index (χ3n) is 3.64. The molecule has 0 N–H and O–H groups in total. The molecule has 0 amide bonds. The molecule has 0 fully saturated rings. The Morgan fingerprint density at radius 3 is 2.95 bits per heavy atom. The predicted octanol–water partition coefficient (Wildman–Crippen LogP) is 4.40. The normalized spacial score (nSPS) is 16.0. The predicted molar refractivity (Wildman–Crippen MR) is 94.1 cm³/mol. The fourth-order valence-electron chi connectivity index (χ4n) is 2.60. The molecule has 3 rings (SSSR count). The number of rotatable bonds is 3. The van der Waals surface area contributed by atoms with Crippen molar-refractivity contribution in [1.82, 2.24) is 4.98 Å². The first-order valence-corrected chi connectivity index (χ1v) is 8.59. The molecule has 0 radical (unpaired) electrons. The van der Waals surface area contributed by atoms with Gasteiger partial charge in [-0.3, -0.25) is 0 Å². The fourth-order valence-corrected chi connectivity index (χ4v) is 3.74. The fraction of sp³-hybridized carbons (Fsp3) is 0.250. The summed E-state index contributed by atoms with van der Waals surface area (Å²) in [5.41, 5.74) is 2.90. The number of hydrogen-bond acceptors (Lipinski definition) is 4. The smallest absolute Gasteiger partial charge is 0.234 e. The summed E-state index contributed by atoms with van der Waals surface area (Å²) in [5, 5.41) is 9.09. The van der Waals surface area contributed by atoms with Crippen LogP contribution in [0.5, 0.6) is 11.8 Å². The molecule has 2 aromatic rings. The monoisotopic (exact) mass is 470 g/mol. The molecular formula is C16H12BrIN2O2. The van der Waals surface area contributed by atoms with Gasteiger partial charge < -0.3 is 9.47 Å². The summed E-state index contributed by atoms with van der Waals surface area (Å²) in [6, 6.07) is 9.97. The Morgan fingerprint density at radius 2 is 2.23 bits per heavy atom. The zero-order valence-corrected chi connectivity index (χ0v) is 15.5. The average molecular weight is 471 g/mol. The lowest BCUT2D eigenvalue weighted by molar-refractivity contribution is 0.195. The number of nitriles is 1. The van der Waals surface area contributed by atoms with E-state index in [0.717, 1.165) is 20.9 Å². The van der Waals surface area contributed by atoms with Crippen molar-refractivity contribution >= 4 is 38.5 Å². The Labute approximate surface area is 150 Å². The SMILES string of the molecule is COc1nc(OC2CCc3c(Br)cccc32)c(I)cc1C#N. The molecule has 0 bridgehead atoms. The van der Waals surface area contributed by atoms with Gasteiger partial charge in [0.25, 0.3) is 0 Å². The van der Waals surface area contributed by atoms with Crippen LogP contribution in [0.3, 0.4) is 0 Å². The zero-order valence-electron chi connectivity index (χ0n) is 11.8. The van der Waals surface area contributed by atoms with Crippen LogP contribution in [-0.4, -0.2) is 12.1 Å². The summed E-state index contributed by atoms with van der Waals surface area (Å²) in [7, 11) is 1.50. The summed E-state index contributed by atoms with van der Waals surface area (Å²) >= 11 is 5.72. The van der Waals surface area contributed by atoms with E-state index in [1.807, 2.05) is 12.1 Å². The minimum absolute atomic E-state index is 0.0221. The molecule has 1 aromatic heterocycles. The van der Waals surface area contributed by atoms with E-state index < -0.39 is 0 Å². The third kappa shape index (κ3) is 2.79. The lowest BCUT2D eigenvalue weighted by atomic mass is 10.1. The second kappa shape index (κ2) is 6.42. The summed E-state index contributed by atoms with van der Waals surface area (Å²) in [5.74, 6) is 0.805. The van der Waals surface area contributed by atoms with E-state index >= 15 is 0 Å². The van der Waals surface area contributed by atoms with Crippen LogP contribution in [-0.2, 0) is 6.42 Å². The first-order valence-electron chi connectivity index (χ1n) is 6.72. The molecule has 22 heavy (non-hydrogen) atoms. The lowest BCUT2D eigenvalue weighted by Crippen LogP contribution is -2.07. The molecule has 1 aliphatic rings. The molecule has 0 saturated heterocycles. The standard InChI is InChI=1S/C16H12BrIN2O2/c1-21-15-9(8-19)7-13(18)16(20-15)22-14-6-5-10-11(14)3-2-4-12(10)17/h2-4,7,14H,5-6H2,1H3. The van der Waals surface area contributed by atoms with Gasteiger partial charge in [-0.25, -0.2) is 0 Å². The second-order valence-electron chi connectivity index (χ2n) is 4.90. The van der Waals surface area contributed by atoms with Gasteiger partial charge in [0.1, 0.15) is 17.7 Å². The third-order valence-corrected chi connectivity index (χ3v) is 5.15. The lowest BCUT2D eigenvalue weighted by Gasteiger charge is -2.16. The molecule has 1 atom stereocenters. The number of benzene rings is 1. The molecule has 1 unspecified atom stereocenters. The van der Waals surface area contributed by atoms with Crippen LogP contribution in [0.15, 0.2) is 28.7 Å². The van der Waals surface area contributed by atoms with Gasteiger partial charge in [0.2, 0.25) is 11.8 Å². The molecule has 6 heteroatoms. The van der Waals surface area contributed by atoms with E-state index in [4.69, 9.17) is 14.7 Å². The van der Waals surface area contributed by atoms with Crippen molar-refractivity contribution in [3.05, 3.63) is 49.0 Å². The summed E-state index contributed by atoms with van der Waals surface area (Å²) in [6.45, 7) is 0. The van der Waals surface area contributed by atoms with Gasteiger partial charge in [-0.2, -0.15) is 10.2 Å². The number of hydrogen-bond donors (Lipinski definition) is 0. The molecule has 112 valence electrons. The van der Waals surface area contributed by atoms with Crippen molar-refractivity contribution in [3.8, 4) is 17.8 Å². The van der Waals surface area contributed by atoms with E-state index in [0.29, 0.717) is 17.3 Å². The molecule has 1 heterocycles. The minimum atomic E-state index is -0.0221. The van der Waals surface area contributed by atoms with Crippen LogP contribution in [0.2, 0.25) is 0 Å². The maximum atomic E-state index is 9.09. The highest BCUT2D eigenvalue weighted by atomic mass is 127. The van der Waals surface area contributed by atoms with Crippen LogP contribution < -0.4 is 9.47 Å². The van der Waals surface area contributed by atoms with Crippen LogP contribution in [0.25, 0.3) is 0 Å². The number of halogens is 2. The van der Waals surface area contributed by atoms with E-state index in [2.05, 4.69) is 55.6 Å². The van der Waals surface area contributed by atoms with Crippen LogP contribution in [0.1, 0.15) is 29.2 Å². The van der Waals surface area contributed by atoms with Crippen molar-refractivity contribution < 1.29 is 9.47 Å². The number of methoxy groups -OCH3 is 1. The maximum Gasteiger partial charge on any atom is 0.234 e. The Kier molecular flexibility index (Phi) is 4.54. The van der Waals surface area contributed by atoms with Gasteiger partial charge >= 0.3 is 0 Å². The van der Waals surface area contributed by atoms with Gasteiger partial charge in [-0.1, -0.05) is 28.1 Å². The Hall–Kier alpha value is -1.33. The van der Waals surface area contributed by atoms with E-state index in [-0.39, 0.29) is 6.10 Å². The van der Waals surface area contributed by atoms with Gasteiger partial charge in [0, 0.05) is 4.47 Å².